The monoisotopic (exact) mass is 373 g/mol. The standard InChI is InChI=1S/C18H20BrN3O/c19-15-4-3-5-17(12-15)21-18(23)20-16-8-6-14(7-9-16)13-22-10-1-2-11-22/h3-9,12H,1-2,10-11,13H2,(H2,20,21,23). The predicted molar refractivity (Wildman–Crippen MR) is 97.7 cm³/mol. The molecule has 1 aliphatic heterocycles. The number of rotatable bonds is 4. The van der Waals surface area contributed by atoms with E-state index in [-0.39, 0.29) is 6.03 Å². The molecule has 1 heterocycles. The van der Waals surface area contributed by atoms with Crippen molar-refractivity contribution in [2.45, 2.75) is 19.4 Å². The Balaban J connectivity index is 1.54. The van der Waals surface area contributed by atoms with Gasteiger partial charge in [-0.1, -0.05) is 34.1 Å². The Labute approximate surface area is 145 Å². The number of amides is 2. The van der Waals surface area contributed by atoms with Gasteiger partial charge in [0.25, 0.3) is 0 Å². The van der Waals surface area contributed by atoms with E-state index in [1.165, 1.54) is 31.5 Å². The maximum atomic E-state index is 12.0. The zero-order chi connectivity index (χ0) is 16.1. The summed E-state index contributed by atoms with van der Waals surface area (Å²) in [6, 6.07) is 15.3. The van der Waals surface area contributed by atoms with Crippen molar-refractivity contribution in [2.75, 3.05) is 23.7 Å². The van der Waals surface area contributed by atoms with E-state index in [2.05, 4.69) is 43.6 Å². The molecule has 4 nitrogen and oxygen atoms in total. The minimum absolute atomic E-state index is 0.240. The number of likely N-dealkylation sites (tertiary alicyclic amines) is 1. The smallest absolute Gasteiger partial charge is 0.308 e. The lowest BCUT2D eigenvalue weighted by Gasteiger charge is -2.15. The molecule has 2 amide bonds. The zero-order valence-electron chi connectivity index (χ0n) is 12.9. The van der Waals surface area contributed by atoms with Crippen LogP contribution in [0.3, 0.4) is 0 Å². The Morgan fingerprint density at radius 2 is 1.70 bits per heavy atom. The van der Waals surface area contributed by atoms with Crippen LogP contribution in [0, 0.1) is 0 Å². The maximum absolute atomic E-state index is 12.0. The van der Waals surface area contributed by atoms with Gasteiger partial charge in [-0.25, -0.2) is 4.79 Å². The number of halogens is 1. The lowest BCUT2D eigenvalue weighted by atomic mass is 10.2. The second kappa shape index (κ2) is 7.62. The van der Waals surface area contributed by atoms with Gasteiger partial charge >= 0.3 is 6.03 Å². The number of hydrogen-bond donors (Lipinski definition) is 2. The van der Waals surface area contributed by atoms with Crippen molar-refractivity contribution in [2.24, 2.45) is 0 Å². The number of nitrogens with zero attached hydrogens (tertiary/aromatic N) is 1. The highest BCUT2D eigenvalue weighted by atomic mass is 79.9. The zero-order valence-corrected chi connectivity index (χ0v) is 14.5. The molecule has 5 heteroatoms. The van der Waals surface area contributed by atoms with Gasteiger partial charge in [0.15, 0.2) is 0 Å². The molecule has 0 bridgehead atoms. The van der Waals surface area contributed by atoms with Crippen molar-refractivity contribution in [3.63, 3.8) is 0 Å². The van der Waals surface area contributed by atoms with Gasteiger partial charge in [0, 0.05) is 22.4 Å². The molecule has 0 radical (unpaired) electrons. The van der Waals surface area contributed by atoms with Gasteiger partial charge in [0.05, 0.1) is 0 Å². The van der Waals surface area contributed by atoms with Crippen LogP contribution in [0.4, 0.5) is 16.2 Å². The molecule has 0 atom stereocenters. The van der Waals surface area contributed by atoms with E-state index < -0.39 is 0 Å². The van der Waals surface area contributed by atoms with Crippen LogP contribution in [0.1, 0.15) is 18.4 Å². The molecule has 2 aromatic carbocycles. The van der Waals surface area contributed by atoms with E-state index in [0.717, 1.165) is 22.4 Å². The van der Waals surface area contributed by atoms with E-state index in [1.807, 2.05) is 36.4 Å². The fourth-order valence-corrected chi connectivity index (χ4v) is 3.15. The average Bonchev–Trinajstić information content (AvgIpc) is 3.02. The second-order valence-electron chi connectivity index (χ2n) is 5.77. The van der Waals surface area contributed by atoms with Crippen molar-refractivity contribution in [1.82, 2.24) is 4.90 Å². The van der Waals surface area contributed by atoms with E-state index in [0.29, 0.717) is 0 Å². The number of carbonyl (C=O) groups is 1. The first-order valence-corrected chi connectivity index (χ1v) is 8.63. The third kappa shape index (κ3) is 4.81. The molecule has 1 aliphatic rings. The van der Waals surface area contributed by atoms with Crippen LogP contribution in [0.25, 0.3) is 0 Å². The summed E-state index contributed by atoms with van der Waals surface area (Å²) in [5.41, 5.74) is 2.83. The first kappa shape index (κ1) is 16.0. The van der Waals surface area contributed by atoms with Gasteiger partial charge in [-0.15, -0.1) is 0 Å². The number of urea groups is 1. The Kier molecular flexibility index (Phi) is 5.31. The van der Waals surface area contributed by atoms with Crippen molar-refractivity contribution in [3.8, 4) is 0 Å². The molecule has 120 valence electrons. The molecule has 1 fully saturated rings. The minimum Gasteiger partial charge on any atom is -0.308 e. The first-order chi connectivity index (χ1) is 11.2. The second-order valence-corrected chi connectivity index (χ2v) is 6.69. The summed E-state index contributed by atoms with van der Waals surface area (Å²) in [5, 5.41) is 5.67. The van der Waals surface area contributed by atoms with Crippen LogP contribution in [-0.4, -0.2) is 24.0 Å². The maximum Gasteiger partial charge on any atom is 0.323 e. The highest BCUT2D eigenvalue weighted by Crippen LogP contribution is 2.17. The normalized spacial score (nSPS) is 14.7. The first-order valence-electron chi connectivity index (χ1n) is 7.84. The van der Waals surface area contributed by atoms with Crippen LogP contribution in [0.2, 0.25) is 0 Å². The van der Waals surface area contributed by atoms with Crippen LogP contribution in [-0.2, 0) is 6.54 Å². The van der Waals surface area contributed by atoms with Crippen LogP contribution < -0.4 is 10.6 Å². The van der Waals surface area contributed by atoms with Crippen LogP contribution in [0.5, 0.6) is 0 Å². The van der Waals surface area contributed by atoms with E-state index in [4.69, 9.17) is 0 Å². The lowest BCUT2D eigenvalue weighted by molar-refractivity contribution is 0.262. The molecule has 0 saturated carbocycles. The molecule has 2 N–H and O–H groups in total. The highest BCUT2D eigenvalue weighted by molar-refractivity contribution is 9.10. The predicted octanol–water partition coefficient (Wildman–Crippen LogP) is 4.69. The summed E-state index contributed by atoms with van der Waals surface area (Å²) >= 11 is 3.39. The number of benzene rings is 2. The summed E-state index contributed by atoms with van der Waals surface area (Å²) in [5.74, 6) is 0. The van der Waals surface area contributed by atoms with Gasteiger partial charge < -0.3 is 10.6 Å². The van der Waals surface area contributed by atoms with Gasteiger partial charge in [-0.3, -0.25) is 4.90 Å². The molecular weight excluding hydrogens is 354 g/mol. The molecule has 0 unspecified atom stereocenters. The highest BCUT2D eigenvalue weighted by Gasteiger charge is 2.11. The summed E-state index contributed by atoms with van der Waals surface area (Å²) in [4.78, 5) is 14.5. The lowest BCUT2D eigenvalue weighted by Crippen LogP contribution is -2.20. The third-order valence-electron chi connectivity index (χ3n) is 3.90. The van der Waals surface area contributed by atoms with E-state index in [9.17, 15) is 4.79 Å². The largest absolute Gasteiger partial charge is 0.323 e. The fraction of sp³-hybridized carbons (Fsp3) is 0.278. The molecular formula is C18H20BrN3O. The van der Waals surface area contributed by atoms with Gasteiger partial charge in [0.1, 0.15) is 0 Å². The van der Waals surface area contributed by atoms with E-state index >= 15 is 0 Å². The Hall–Kier alpha value is -1.85. The van der Waals surface area contributed by atoms with Crippen molar-refractivity contribution >= 4 is 33.3 Å². The van der Waals surface area contributed by atoms with Crippen LogP contribution >= 0.6 is 15.9 Å². The molecule has 2 aromatic rings. The average molecular weight is 374 g/mol. The molecule has 23 heavy (non-hydrogen) atoms. The fourth-order valence-electron chi connectivity index (χ4n) is 2.75. The summed E-state index contributed by atoms with van der Waals surface area (Å²) in [6.45, 7) is 3.37. The van der Waals surface area contributed by atoms with Gasteiger partial charge in [-0.2, -0.15) is 0 Å². The SMILES string of the molecule is O=C(Nc1ccc(CN2CCCC2)cc1)Nc1cccc(Br)c1. The number of hydrogen-bond acceptors (Lipinski definition) is 2. The van der Waals surface area contributed by atoms with Gasteiger partial charge in [0.2, 0.25) is 0 Å². The number of carbonyl (C=O) groups excluding carboxylic acids is 1. The number of anilines is 2. The van der Waals surface area contributed by atoms with Crippen LogP contribution in [0.15, 0.2) is 53.0 Å². The van der Waals surface area contributed by atoms with Crippen molar-refractivity contribution < 1.29 is 4.79 Å². The molecule has 1 saturated heterocycles. The van der Waals surface area contributed by atoms with Crippen molar-refractivity contribution in [3.05, 3.63) is 58.6 Å². The van der Waals surface area contributed by atoms with E-state index in [1.54, 1.807) is 0 Å². The Bertz CT molecular complexity index is 666. The number of nitrogens with one attached hydrogen (secondary N) is 2. The topological polar surface area (TPSA) is 44.4 Å². The van der Waals surface area contributed by atoms with Gasteiger partial charge in [-0.05, 0) is 61.8 Å². The quantitative estimate of drug-likeness (QED) is 0.816. The minimum atomic E-state index is -0.240. The molecule has 0 aromatic heterocycles. The Morgan fingerprint density at radius 3 is 2.39 bits per heavy atom. The summed E-state index contributed by atoms with van der Waals surface area (Å²) in [6.07, 6.45) is 2.60. The molecule has 3 rings (SSSR count). The molecule has 0 spiro atoms. The molecule has 0 aliphatic carbocycles. The summed E-state index contributed by atoms with van der Waals surface area (Å²) < 4.78 is 0.932. The third-order valence-corrected chi connectivity index (χ3v) is 4.39. The Morgan fingerprint density at radius 1 is 1.00 bits per heavy atom. The van der Waals surface area contributed by atoms with Crippen molar-refractivity contribution in [1.29, 1.82) is 0 Å². The summed E-state index contributed by atoms with van der Waals surface area (Å²) in [7, 11) is 0.